The standard InChI is InChI=1S/C15H24FN3O2/c1-5-11(3)19(7-8-21-4)15(20)13-9-12(16)10-18-14(13)17-6-2/h9-11H,5-8H2,1-4H3,(H,17,18). The highest BCUT2D eigenvalue weighted by atomic mass is 19.1. The van der Waals surface area contributed by atoms with Gasteiger partial charge in [0, 0.05) is 26.2 Å². The van der Waals surface area contributed by atoms with E-state index in [4.69, 9.17) is 4.74 Å². The lowest BCUT2D eigenvalue weighted by molar-refractivity contribution is 0.0614. The molecule has 1 amide bonds. The molecular weight excluding hydrogens is 273 g/mol. The number of aromatic nitrogens is 1. The maximum atomic E-state index is 13.5. The molecule has 0 bridgehead atoms. The molecule has 0 spiro atoms. The SMILES string of the molecule is CCNc1ncc(F)cc1C(=O)N(CCOC)C(C)CC. The third-order valence-electron chi connectivity index (χ3n) is 3.35. The molecule has 0 fully saturated rings. The Hall–Kier alpha value is -1.69. The number of carbonyl (C=O) groups excluding carboxylic acids is 1. The van der Waals surface area contributed by atoms with E-state index in [0.717, 1.165) is 12.6 Å². The highest BCUT2D eigenvalue weighted by Gasteiger charge is 2.23. The highest BCUT2D eigenvalue weighted by Crippen LogP contribution is 2.18. The first-order valence-electron chi connectivity index (χ1n) is 7.24. The number of ether oxygens (including phenoxy) is 1. The Balaban J connectivity index is 3.09. The molecule has 0 aromatic carbocycles. The Kier molecular flexibility index (Phi) is 7.08. The number of nitrogens with zero attached hydrogens (tertiary/aromatic N) is 2. The first kappa shape index (κ1) is 17.4. The molecule has 1 unspecified atom stereocenters. The lowest BCUT2D eigenvalue weighted by Crippen LogP contribution is -2.41. The summed E-state index contributed by atoms with van der Waals surface area (Å²) in [6, 6.07) is 1.28. The van der Waals surface area contributed by atoms with E-state index in [1.54, 1.807) is 12.0 Å². The summed E-state index contributed by atoms with van der Waals surface area (Å²) >= 11 is 0. The van der Waals surface area contributed by atoms with Gasteiger partial charge in [0.2, 0.25) is 0 Å². The summed E-state index contributed by atoms with van der Waals surface area (Å²) in [4.78, 5) is 18.4. The summed E-state index contributed by atoms with van der Waals surface area (Å²) in [5, 5.41) is 3.00. The van der Waals surface area contributed by atoms with E-state index in [1.165, 1.54) is 6.07 Å². The first-order valence-corrected chi connectivity index (χ1v) is 7.24. The number of hydrogen-bond acceptors (Lipinski definition) is 4. The van der Waals surface area contributed by atoms with Crippen LogP contribution >= 0.6 is 0 Å². The molecule has 118 valence electrons. The number of carbonyl (C=O) groups is 1. The zero-order chi connectivity index (χ0) is 15.8. The molecule has 0 radical (unpaired) electrons. The fourth-order valence-corrected chi connectivity index (χ4v) is 2.00. The molecule has 1 aromatic rings. The van der Waals surface area contributed by atoms with Crippen LogP contribution in [0.15, 0.2) is 12.3 Å². The van der Waals surface area contributed by atoms with Crippen molar-refractivity contribution in [3.8, 4) is 0 Å². The third-order valence-corrected chi connectivity index (χ3v) is 3.35. The number of hydrogen-bond donors (Lipinski definition) is 1. The van der Waals surface area contributed by atoms with Gasteiger partial charge in [-0.1, -0.05) is 6.92 Å². The van der Waals surface area contributed by atoms with E-state index in [2.05, 4.69) is 10.3 Å². The minimum Gasteiger partial charge on any atom is -0.383 e. The van der Waals surface area contributed by atoms with Crippen molar-refractivity contribution in [1.82, 2.24) is 9.88 Å². The number of amides is 1. The molecule has 1 rings (SSSR count). The Morgan fingerprint density at radius 3 is 2.81 bits per heavy atom. The first-order chi connectivity index (χ1) is 10.0. The summed E-state index contributed by atoms with van der Waals surface area (Å²) in [5.74, 6) is -0.338. The topological polar surface area (TPSA) is 54.5 Å². The molecule has 0 saturated heterocycles. The van der Waals surface area contributed by atoms with Crippen LogP contribution in [-0.2, 0) is 4.74 Å². The second-order valence-electron chi connectivity index (χ2n) is 4.83. The van der Waals surface area contributed by atoms with Crippen LogP contribution in [0.4, 0.5) is 10.2 Å². The van der Waals surface area contributed by atoms with Crippen molar-refractivity contribution in [2.45, 2.75) is 33.2 Å². The fourth-order valence-electron chi connectivity index (χ4n) is 2.00. The van der Waals surface area contributed by atoms with Crippen LogP contribution in [0.1, 0.15) is 37.6 Å². The second kappa shape index (κ2) is 8.56. The van der Waals surface area contributed by atoms with Gasteiger partial charge in [0.1, 0.15) is 11.6 Å². The lowest BCUT2D eigenvalue weighted by atomic mass is 10.1. The summed E-state index contributed by atoms with van der Waals surface area (Å²) in [6.07, 6.45) is 1.92. The average Bonchev–Trinajstić information content (AvgIpc) is 2.49. The van der Waals surface area contributed by atoms with Crippen LogP contribution < -0.4 is 5.32 Å². The molecule has 0 saturated carbocycles. The van der Waals surface area contributed by atoms with Gasteiger partial charge in [-0.05, 0) is 26.3 Å². The van der Waals surface area contributed by atoms with Crippen LogP contribution in [0, 0.1) is 5.82 Å². The molecule has 6 heteroatoms. The van der Waals surface area contributed by atoms with Crippen LogP contribution in [0.2, 0.25) is 0 Å². The molecule has 5 nitrogen and oxygen atoms in total. The Labute approximate surface area is 125 Å². The molecule has 0 aliphatic heterocycles. The van der Waals surface area contributed by atoms with Gasteiger partial charge < -0.3 is 15.0 Å². The number of methoxy groups -OCH3 is 1. The van der Waals surface area contributed by atoms with E-state index < -0.39 is 5.82 Å². The van der Waals surface area contributed by atoms with Crippen LogP contribution in [0.25, 0.3) is 0 Å². The normalized spacial score (nSPS) is 12.0. The Morgan fingerprint density at radius 1 is 1.52 bits per heavy atom. The van der Waals surface area contributed by atoms with Gasteiger partial charge >= 0.3 is 0 Å². The minimum atomic E-state index is -0.518. The number of anilines is 1. The summed E-state index contributed by atoms with van der Waals surface area (Å²) in [5.41, 5.74) is 0.258. The Bertz CT molecular complexity index is 468. The largest absolute Gasteiger partial charge is 0.383 e. The average molecular weight is 297 g/mol. The third kappa shape index (κ3) is 4.67. The smallest absolute Gasteiger partial charge is 0.258 e. The van der Waals surface area contributed by atoms with E-state index >= 15 is 0 Å². The van der Waals surface area contributed by atoms with Crippen molar-refractivity contribution in [3.63, 3.8) is 0 Å². The molecule has 1 N–H and O–H groups in total. The van der Waals surface area contributed by atoms with Gasteiger partial charge in [-0.15, -0.1) is 0 Å². The fraction of sp³-hybridized carbons (Fsp3) is 0.600. The van der Waals surface area contributed by atoms with Gasteiger partial charge in [-0.25, -0.2) is 9.37 Å². The molecular formula is C15H24FN3O2. The Morgan fingerprint density at radius 2 is 2.24 bits per heavy atom. The van der Waals surface area contributed by atoms with E-state index in [-0.39, 0.29) is 17.5 Å². The van der Waals surface area contributed by atoms with Gasteiger partial charge in [0.15, 0.2) is 0 Å². The van der Waals surface area contributed by atoms with E-state index in [9.17, 15) is 9.18 Å². The number of pyridine rings is 1. The van der Waals surface area contributed by atoms with Crippen molar-refractivity contribution in [2.24, 2.45) is 0 Å². The van der Waals surface area contributed by atoms with Gasteiger partial charge in [0.25, 0.3) is 5.91 Å². The van der Waals surface area contributed by atoms with Crippen molar-refractivity contribution < 1.29 is 13.9 Å². The summed E-state index contributed by atoms with van der Waals surface area (Å²) < 4.78 is 18.5. The summed E-state index contributed by atoms with van der Waals surface area (Å²) in [7, 11) is 1.59. The molecule has 1 atom stereocenters. The van der Waals surface area contributed by atoms with Crippen LogP contribution in [0.3, 0.4) is 0 Å². The van der Waals surface area contributed by atoms with Crippen molar-refractivity contribution in [3.05, 3.63) is 23.6 Å². The monoisotopic (exact) mass is 297 g/mol. The molecule has 1 aromatic heterocycles. The number of halogens is 1. The van der Waals surface area contributed by atoms with Crippen LogP contribution in [-0.4, -0.2) is 48.6 Å². The molecule has 0 aliphatic carbocycles. The van der Waals surface area contributed by atoms with Crippen molar-refractivity contribution in [1.29, 1.82) is 0 Å². The number of rotatable bonds is 8. The molecule has 21 heavy (non-hydrogen) atoms. The molecule has 1 heterocycles. The van der Waals surface area contributed by atoms with E-state index in [1.807, 2.05) is 20.8 Å². The minimum absolute atomic E-state index is 0.0467. The van der Waals surface area contributed by atoms with Gasteiger partial charge in [-0.3, -0.25) is 4.79 Å². The quantitative estimate of drug-likeness (QED) is 0.801. The van der Waals surface area contributed by atoms with Crippen LogP contribution in [0.5, 0.6) is 0 Å². The lowest BCUT2D eigenvalue weighted by Gasteiger charge is -2.29. The second-order valence-corrected chi connectivity index (χ2v) is 4.83. The zero-order valence-electron chi connectivity index (χ0n) is 13.1. The van der Waals surface area contributed by atoms with Gasteiger partial charge in [-0.2, -0.15) is 0 Å². The van der Waals surface area contributed by atoms with Crippen molar-refractivity contribution in [2.75, 3.05) is 32.1 Å². The highest BCUT2D eigenvalue weighted by molar-refractivity contribution is 5.98. The summed E-state index contributed by atoms with van der Waals surface area (Å²) in [6.45, 7) is 7.39. The predicted molar refractivity (Wildman–Crippen MR) is 81.0 cm³/mol. The van der Waals surface area contributed by atoms with Crippen molar-refractivity contribution >= 4 is 11.7 Å². The molecule has 0 aliphatic rings. The maximum absolute atomic E-state index is 13.5. The zero-order valence-corrected chi connectivity index (χ0v) is 13.1. The number of nitrogens with one attached hydrogen (secondary N) is 1. The van der Waals surface area contributed by atoms with E-state index in [0.29, 0.717) is 25.5 Å². The maximum Gasteiger partial charge on any atom is 0.258 e. The predicted octanol–water partition coefficient (Wildman–Crippen LogP) is 2.54. The van der Waals surface area contributed by atoms with Gasteiger partial charge in [0.05, 0.1) is 18.4 Å².